The number of carbonyl (C=O) groups excluding carboxylic acids is 1. The Morgan fingerprint density at radius 2 is 1.86 bits per heavy atom. The van der Waals surface area contributed by atoms with Crippen molar-refractivity contribution in [1.29, 1.82) is 0 Å². The highest BCUT2D eigenvalue weighted by molar-refractivity contribution is 5.73. The quantitative estimate of drug-likeness (QED) is 0.554. The molecule has 0 radical (unpaired) electrons. The zero-order chi connectivity index (χ0) is 10.6. The van der Waals surface area contributed by atoms with Crippen molar-refractivity contribution in [3.05, 3.63) is 23.8 Å². The van der Waals surface area contributed by atoms with Gasteiger partial charge in [0.15, 0.2) is 0 Å². The van der Waals surface area contributed by atoms with Crippen LogP contribution in [0.5, 0.6) is 0 Å². The second-order valence-corrected chi connectivity index (χ2v) is 2.99. The topological polar surface area (TPSA) is 78.3 Å². The SMILES string of the molecule is CCOC(=O)Cc1cc(N)cc(N)c1. The van der Waals surface area contributed by atoms with Gasteiger partial charge >= 0.3 is 5.97 Å². The van der Waals surface area contributed by atoms with E-state index >= 15 is 0 Å². The van der Waals surface area contributed by atoms with Crippen LogP contribution in [0.1, 0.15) is 12.5 Å². The second-order valence-electron chi connectivity index (χ2n) is 2.99. The molecule has 0 bridgehead atoms. The lowest BCUT2D eigenvalue weighted by molar-refractivity contribution is -0.142. The van der Waals surface area contributed by atoms with Crippen LogP contribution in [0.4, 0.5) is 11.4 Å². The molecule has 0 saturated carbocycles. The maximum Gasteiger partial charge on any atom is 0.310 e. The first-order valence-electron chi connectivity index (χ1n) is 4.42. The molecule has 1 rings (SSSR count). The number of nitrogen functional groups attached to an aromatic ring is 2. The standard InChI is InChI=1S/C10H14N2O2/c1-2-14-10(13)5-7-3-8(11)6-9(12)4-7/h3-4,6H,2,5,11-12H2,1H3. The van der Waals surface area contributed by atoms with Crippen molar-refractivity contribution in [2.45, 2.75) is 13.3 Å². The summed E-state index contributed by atoms with van der Waals surface area (Å²) >= 11 is 0. The van der Waals surface area contributed by atoms with E-state index in [1.165, 1.54) is 0 Å². The number of rotatable bonds is 3. The molecule has 0 atom stereocenters. The molecule has 4 N–H and O–H groups in total. The lowest BCUT2D eigenvalue weighted by atomic mass is 10.1. The Bertz CT molecular complexity index is 317. The van der Waals surface area contributed by atoms with Crippen molar-refractivity contribution in [2.24, 2.45) is 0 Å². The summed E-state index contributed by atoms with van der Waals surface area (Å²) in [7, 11) is 0. The van der Waals surface area contributed by atoms with E-state index in [1.54, 1.807) is 25.1 Å². The first kappa shape index (κ1) is 10.4. The molecular formula is C10H14N2O2. The van der Waals surface area contributed by atoms with E-state index in [1.807, 2.05) is 0 Å². The van der Waals surface area contributed by atoms with Crippen LogP contribution in [-0.4, -0.2) is 12.6 Å². The van der Waals surface area contributed by atoms with Gasteiger partial charge < -0.3 is 16.2 Å². The van der Waals surface area contributed by atoms with Crippen molar-refractivity contribution in [3.8, 4) is 0 Å². The fourth-order valence-corrected chi connectivity index (χ4v) is 1.23. The van der Waals surface area contributed by atoms with E-state index in [4.69, 9.17) is 16.2 Å². The van der Waals surface area contributed by atoms with E-state index < -0.39 is 0 Å². The molecule has 1 aromatic carbocycles. The maximum atomic E-state index is 11.1. The Morgan fingerprint density at radius 1 is 1.29 bits per heavy atom. The van der Waals surface area contributed by atoms with Crippen LogP contribution >= 0.6 is 0 Å². The Balaban J connectivity index is 2.71. The predicted molar refractivity (Wildman–Crippen MR) is 55.6 cm³/mol. The van der Waals surface area contributed by atoms with E-state index in [2.05, 4.69) is 0 Å². The van der Waals surface area contributed by atoms with Gasteiger partial charge in [-0.25, -0.2) is 0 Å². The molecule has 0 amide bonds. The third-order valence-corrected chi connectivity index (χ3v) is 1.69. The van der Waals surface area contributed by atoms with Gasteiger partial charge in [-0.2, -0.15) is 0 Å². The molecule has 0 spiro atoms. The normalized spacial score (nSPS) is 9.79. The van der Waals surface area contributed by atoms with Crippen LogP contribution < -0.4 is 11.5 Å². The molecule has 76 valence electrons. The summed E-state index contributed by atoms with van der Waals surface area (Å²) in [6, 6.07) is 5.08. The number of hydrogen-bond acceptors (Lipinski definition) is 4. The minimum atomic E-state index is -0.266. The number of benzene rings is 1. The van der Waals surface area contributed by atoms with Crippen molar-refractivity contribution in [2.75, 3.05) is 18.1 Å². The molecule has 0 unspecified atom stereocenters. The van der Waals surface area contributed by atoms with Gasteiger partial charge in [0.05, 0.1) is 13.0 Å². The van der Waals surface area contributed by atoms with Gasteiger partial charge in [-0.3, -0.25) is 4.79 Å². The monoisotopic (exact) mass is 194 g/mol. The molecule has 0 aliphatic rings. The summed E-state index contributed by atoms with van der Waals surface area (Å²) in [4.78, 5) is 11.1. The van der Waals surface area contributed by atoms with Crippen LogP contribution in [0.3, 0.4) is 0 Å². The van der Waals surface area contributed by atoms with Gasteiger partial charge in [0.1, 0.15) is 0 Å². The van der Waals surface area contributed by atoms with Crippen LogP contribution in [0.15, 0.2) is 18.2 Å². The number of hydrogen-bond donors (Lipinski definition) is 2. The average Bonchev–Trinajstić information content (AvgIpc) is 2.01. The fourth-order valence-electron chi connectivity index (χ4n) is 1.23. The zero-order valence-corrected chi connectivity index (χ0v) is 8.12. The van der Waals surface area contributed by atoms with Gasteiger partial charge in [-0.15, -0.1) is 0 Å². The van der Waals surface area contributed by atoms with E-state index in [-0.39, 0.29) is 12.4 Å². The highest BCUT2D eigenvalue weighted by Gasteiger charge is 2.04. The smallest absolute Gasteiger partial charge is 0.310 e. The zero-order valence-electron chi connectivity index (χ0n) is 8.12. The third-order valence-electron chi connectivity index (χ3n) is 1.69. The molecule has 1 aromatic rings. The van der Waals surface area contributed by atoms with Crippen molar-refractivity contribution >= 4 is 17.3 Å². The molecule has 0 heterocycles. The molecular weight excluding hydrogens is 180 g/mol. The summed E-state index contributed by atoms with van der Waals surface area (Å²) in [5.41, 5.74) is 13.1. The summed E-state index contributed by atoms with van der Waals surface area (Å²) in [5, 5.41) is 0. The van der Waals surface area contributed by atoms with Crippen molar-refractivity contribution in [3.63, 3.8) is 0 Å². The summed E-state index contributed by atoms with van der Waals surface area (Å²) in [5.74, 6) is -0.266. The van der Waals surface area contributed by atoms with Crippen LogP contribution in [0, 0.1) is 0 Å². The molecule has 0 aliphatic heterocycles. The van der Waals surface area contributed by atoms with Crippen LogP contribution in [0.25, 0.3) is 0 Å². The Hall–Kier alpha value is -1.71. The summed E-state index contributed by atoms with van der Waals surface area (Å²) in [6.45, 7) is 2.16. The Kier molecular flexibility index (Phi) is 3.34. The number of carbonyl (C=O) groups is 1. The van der Waals surface area contributed by atoms with Gasteiger partial charge in [0.2, 0.25) is 0 Å². The minimum Gasteiger partial charge on any atom is -0.466 e. The molecule has 14 heavy (non-hydrogen) atoms. The van der Waals surface area contributed by atoms with Crippen molar-refractivity contribution in [1.82, 2.24) is 0 Å². The van der Waals surface area contributed by atoms with E-state index in [0.717, 1.165) is 5.56 Å². The maximum absolute atomic E-state index is 11.1. The molecule has 0 fully saturated rings. The lowest BCUT2D eigenvalue weighted by Gasteiger charge is -2.04. The molecule has 0 aliphatic carbocycles. The van der Waals surface area contributed by atoms with Crippen LogP contribution in [0.2, 0.25) is 0 Å². The van der Waals surface area contributed by atoms with E-state index in [9.17, 15) is 4.79 Å². The van der Waals surface area contributed by atoms with Gasteiger partial charge in [0, 0.05) is 11.4 Å². The first-order valence-corrected chi connectivity index (χ1v) is 4.42. The highest BCUT2D eigenvalue weighted by Crippen LogP contribution is 2.14. The third kappa shape index (κ3) is 2.97. The predicted octanol–water partition coefficient (Wildman–Crippen LogP) is 0.957. The fraction of sp³-hybridized carbons (Fsp3) is 0.300. The summed E-state index contributed by atoms with van der Waals surface area (Å²) in [6.07, 6.45) is 0.211. The van der Waals surface area contributed by atoms with Gasteiger partial charge in [-0.05, 0) is 30.7 Å². The first-order chi connectivity index (χ1) is 6.61. The van der Waals surface area contributed by atoms with Gasteiger partial charge in [-0.1, -0.05) is 0 Å². The number of anilines is 2. The molecule has 4 nitrogen and oxygen atoms in total. The molecule has 0 saturated heterocycles. The number of ether oxygens (including phenoxy) is 1. The van der Waals surface area contributed by atoms with Crippen molar-refractivity contribution < 1.29 is 9.53 Å². The summed E-state index contributed by atoms with van der Waals surface area (Å²) < 4.78 is 4.80. The Morgan fingerprint density at radius 3 is 2.36 bits per heavy atom. The van der Waals surface area contributed by atoms with Crippen LogP contribution in [-0.2, 0) is 16.0 Å². The van der Waals surface area contributed by atoms with E-state index in [0.29, 0.717) is 18.0 Å². The highest BCUT2D eigenvalue weighted by atomic mass is 16.5. The number of esters is 1. The average molecular weight is 194 g/mol. The lowest BCUT2D eigenvalue weighted by Crippen LogP contribution is -2.08. The largest absolute Gasteiger partial charge is 0.466 e. The molecule has 4 heteroatoms. The minimum absolute atomic E-state index is 0.211. The molecule has 0 aromatic heterocycles. The van der Waals surface area contributed by atoms with Gasteiger partial charge in [0.25, 0.3) is 0 Å². The Labute approximate surface area is 82.8 Å². The number of nitrogens with two attached hydrogens (primary N) is 2. The second kappa shape index (κ2) is 4.50.